The Morgan fingerprint density at radius 3 is 2.71 bits per heavy atom. The van der Waals surface area contributed by atoms with E-state index in [-0.39, 0.29) is 6.03 Å². The van der Waals surface area contributed by atoms with Crippen LogP contribution in [0.2, 0.25) is 0 Å². The van der Waals surface area contributed by atoms with Crippen LogP contribution in [0.15, 0.2) is 30.3 Å². The number of nitrogens with one attached hydrogen (secondary N) is 1. The van der Waals surface area contributed by atoms with Crippen LogP contribution < -0.4 is 5.32 Å². The van der Waals surface area contributed by atoms with Crippen LogP contribution in [0.1, 0.15) is 12.8 Å². The number of rotatable bonds is 1. The number of benzene rings is 1. The normalized spacial score (nSPS) is 15.6. The fourth-order valence-electron chi connectivity index (χ4n) is 1.50. The Kier molecular flexibility index (Phi) is 2.68. The summed E-state index contributed by atoms with van der Waals surface area (Å²) in [5.41, 5.74) is 0.845. The molecule has 2 rings (SSSR count). The fourth-order valence-corrected chi connectivity index (χ4v) is 1.50. The molecule has 73 valence electrons. The number of nitrogens with zero attached hydrogens (tertiary/aromatic N) is 1. The maximum absolute atomic E-state index is 11.6. The molecule has 1 aromatic rings. The van der Waals surface area contributed by atoms with Crippen molar-refractivity contribution in [3.63, 3.8) is 0 Å². The summed E-state index contributed by atoms with van der Waals surface area (Å²) < 4.78 is 0. The molecule has 1 saturated heterocycles. The molecular formula is C11H13N2O. The fraction of sp³-hybridized carbons (Fsp3) is 0.273. The molecule has 1 radical (unpaired) electrons. The largest absolute Gasteiger partial charge is 0.322 e. The Morgan fingerprint density at radius 1 is 1.29 bits per heavy atom. The molecule has 0 aromatic heterocycles. The molecule has 0 aliphatic carbocycles. The number of urea groups is 1. The van der Waals surface area contributed by atoms with Crippen molar-refractivity contribution in [2.45, 2.75) is 12.8 Å². The van der Waals surface area contributed by atoms with E-state index in [4.69, 9.17) is 0 Å². The van der Waals surface area contributed by atoms with E-state index in [9.17, 15) is 4.79 Å². The lowest BCUT2D eigenvalue weighted by molar-refractivity contribution is 0.229. The minimum atomic E-state index is -0.0336. The smallest absolute Gasteiger partial charge is 0.319 e. The first-order chi connectivity index (χ1) is 6.86. The number of para-hydroxylation sites is 1. The maximum atomic E-state index is 11.6. The van der Waals surface area contributed by atoms with Gasteiger partial charge in [-0.05, 0) is 25.0 Å². The van der Waals surface area contributed by atoms with Crippen LogP contribution in [-0.4, -0.2) is 17.5 Å². The summed E-state index contributed by atoms with van der Waals surface area (Å²) in [7, 11) is 0. The van der Waals surface area contributed by atoms with Crippen LogP contribution in [0.4, 0.5) is 10.5 Å². The first-order valence-corrected chi connectivity index (χ1v) is 4.82. The Morgan fingerprint density at radius 2 is 2.07 bits per heavy atom. The third-order valence-corrected chi connectivity index (χ3v) is 2.24. The van der Waals surface area contributed by atoms with Gasteiger partial charge in [-0.15, -0.1) is 0 Å². The first kappa shape index (κ1) is 9.06. The predicted octanol–water partition coefficient (Wildman–Crippen LogP) is 2.48. The highest BCUT2D eigenvalue weighted by molar-refractivity contribution is 5.89. The summed E-state index contributed by atoms with van der Waals surface area (Å²) >= 11 is 0. The van der Waals surface area contributed by atoms with Gasteiger partial charge in [-0.3, -0.25) is 0 Å². The van der Waals surface area contributed by atoms with E-state index in [0.717, 1.165) is 25.1 Å². The SMILES string of the molecule is O=C(Nc1ccccc1)N1[CH]CCC1. The van der Waals surface area contributed by atoms with Gasteiger partial charge in [0.25, 0.3) is 0 Å². The van der Waals surface area contributed by atoms with Gasteiger partial charge in [0.1, 0.15) is 0 Å². The lowest BCUT2D eigenvalue weighted by Gasteiger charge is -2.15. The summed E-state index contributed by atoms with van der Waals surface area (Å²) in [6.07, 6.45) is 2.07. The second-order valence-corrected chi connectivity index (χ2v) is 3.31. The Hall–Kier alpha value is -1.51. The van der Waals surface area contributed by atoms with Crippen LogP contribution in [-0.2, 0) is 0 Å². The van der Waals surface area contributed by atoms with Gasteiger partial charge >= 0.3 is 6.03 Å². The number of hydrogen-bond acceptors (Lipinski definition) is 1. The Bertz CT molecular complexity index is 304. The van der Waals surface area contributed by atoms with Crippen molar-refractivity contribution in [2.24, 2.45) is 0 Å². The van der Waals surface area contributed by atoms with Gasteiger partial charge in [-0.1, -0.05) is 18.2 Å². The van der Waals surface area contributed by atoms with Gasteiger partial charge in [-0.2, -0.15) is 0 Å². The van der Waals surface area contributed by atoms with E-state index in [1.54, 1.807) is 4.90 Å². The van der Waals surface area contributed by atoms with E-state index >= 15 is 0 Å². The third-order valence-electron chi connectivity index (χ3n) is 2.24. The van der Waals surface area contributed by atoms with Gasteiger partial charge in [0.15, 0.2) is 0 Å². The van der Waals surface area contributed by atoms with Crippen LogP contribution in [0.25, 0.3) is 0 Å². The molecule has 0 spiro atoms. The first-order valence-electron chi connectivity index (χ1n) is 4.82. The molecule has 14 heavy (non-hydrogen) atoms. The molecule has 0 bridgehead atoms. The van der Waals surface area contributed by atoms with Crippen molar-refractivity contribution in [3.8, 4) is 0 Å². The molecule has 1 aromatic carbocycles. The number of carbonyl (C=O) groups excluding carboxylic acids is 1. The summed E-state index contributed by atoms with van der Waals surface area (Å²) in [5.74, 6) is 0. The zero-order valence-electron chi connectivity index (χ0n) is 7.94. The summed E-state index contributed by atoms with van der Waals surface area (Å²) in [4.78, 5) is 13.3. The molecule has 3 nitrogen and oxygen atoms in total. The van der Waals surface area contributed by atoms with E-state index < -0.39 is 0 Å². The summed E-state index contributed by atoms with van der Waals surface area (Å²) in [5, 5.41) is 2.84. The quantitative estimate of drug-likeness (QED) is 0.723. The lowest BCUT2D eigenvalue weighted by atomic mass is 10.3. The van der Waals surface area contributed by atoms with Gasteiger partial charge in [0, 0.05) is 12.2 Å². The van der Waals surface area contributed by atoms with Crippen molar-refractivity contribution in [3.05, 3.63) is 36.9 Å². The van der Waals surface area contributed by atoms with E-state index in [1.165, 1.54) is 0 Å². The molecule has 1 fully saturated rings. The number of carbonyl (C=O) groups is 1. The number of amides is 2. The molecule has 0 unspecified atom stereocenters. The molecular weight excluding hydrogens is 176 g/mol. The summed E-state index contributed by atoms with van der Waals surface area (Å²) in [6, 6.07) is 9.47. The van der Waals surface area contributed by atoms with Crippen LogP contribution in [0.5, 0.6) is 0 Å². The highest BCUT2D eigenvalue weighted by Gasteiger charge is 2.17. The lowest BCUT2D eigenvalue weighted by Crippen LogP contribution is -2.29. The average molecular weight is 189 g/mol. The molecule has 1 aliphatic heterocycles. The van der Waals surface area contributed by atoms with Crippen molar-refractivity contribution >= 4 is 11.7 Å². The zero-order valence-corrected chi connectivity index (χ0v) is 7.94. The van der Waals surface area contributed by atoms with Crippen molar-refractivity contribution < 1.29 is 4.79 Å². The zero-order chi connectivity index (χ0) is 9.80. The van der Waals surface area contributed by atoms with Crippen molar-refractivity contribution in [1.29, 1.82) is 0 Å². The number of anilines is 1. The molecule has 0 atom stereocenters. The Balaban J connectivity index is 1.94. The number of likely N-dealkylation sites (tertiary alicyclic amines) is 1. The minimum Gasteiger partial charge on any atom is -0.319 e. The summed E-state index contributed by atoms with van der Waals surface area (Å²) in [6.45, 7) is 2.77. The molecule has 3 heteroatoms. The van der Waals surface area contributed by atoms with Crippen molar-refractivity contribution in [2.75, 3.05) is 11.9 Å². The van der Waals surface area contributed by atoms with Gasteiger partial charge < -0.3 is 10.2 Å². The van der Waals surface area contributed by atoms with Gasteiger partial charge in [0.05, 0.1) is 6.54 Å². The third kappa shape index (κ3) is 2.05. The standard InChI is InChI=1S/C11H13N2O/c14-11(13-8-4-5-9-13)12-10-6-2-1-3-7-10/h1-3,6-8H,4-5,9H2,(H,12,14). The highest BCUT2D eigenvalue weighted by atomic mass is 16.2. The monoisotopic (exact) mass is 189 g/mol. The van der Waals surface area contributed by atoms with E-state index in [2.05, 4.69) is 5.32 Å². The molecule has 2 amide bonds. The Labute approximate surface area is 83.7 Å². The molecule has 1 heterocycles. The van der Waals surface area contributed by atoms with E-state index in [0.29, 0.717) is 0 Å². The van der Waals surface area contributed by atoms with Crippen LogP contribution in [0.3, 0.4) is 0 Å². The van der Waals surface area contributed by atoms with Crippen LogP contribution in [0, 0.1) is 6.54 Å². The highest BCUT2D eigenvalue weighted by Crippen LogP contribution is 2.14. The van der Waals surface area contributed by atoms with Crippen LogP contribution >= 0.6 is 0 Å². The van der Waals surface area contributed by atoms with Gasteiger partial charge in [0.2, 0.25) is 0 Å². The molecule has 1 N–H and O–H groups in total. The van der Waals surface area contributed by atoms with Gasteiger partial charge in [-0.25, -0.2) is 4.79 Å². The molecule has 1 aliphatic rings. The second kappa shape index (κ2) is 4.13. The predicted molar refractivity (Wildman–Crippen MR) is 55.7 cm³/mol. The maximum Gasteiger partial charge on any atom is 0.322 e. The second-order valence-electron chi connectivity index (χ2n) is 3.31. The van der Waals surface area contributed by atoms with E-state index in [1.807, 2.05) is 36.9 Å². The topological polar surface area (TPSA) is 32.3 Å². The molecule has 0 saturated carbocycles. The average Bonchev–Trinajstić information content (AvgIpc) is 2.72. The minimum absolute atomic E-state index is 0.0336. The van der Waals surface area contributed by atoms with Crippen molar-refractivity contribution in [1.82, 2.24) is 4.90 Å². The number of hydrogen-bond donors (Lipinski definition) is 1.